The minimum atomic E-state index is -2.55. The van der Waals surface area contributed by atoms with E-state index in [0.29, 0.717) is 11.5 Å². The van der Waals surface area contributed by atoms with Gasteiger partial charge in [0.1, 0.15) is 9.84 Å². The molecule has 0 aromatic heterocycles. The van der Waals surface area contributed by atoms with Gasteiger partial charge in [0.25, 0.3) is 5.97 Å². The van der Waals surface area contributed by atoms with E-state index < -0.39 is 15.8 Å². The molecule has 0 radical (unpaired) electrons. The first kappa shape index (κ1) is 10.4. The van der Waals surface area contributed by atoms with Gasteiger partial charge < -0.3 is 5.11 Å². The molecule has 0 aromatic carbocycles. The number of sulfone groups is 1. The van der Waals surface area contributed by atoms with Crippen LogP contribution in [-0.4, -0.2) is 31.0 Å². The minimum absolute atomic E-state index is 0.424. The summed E-state index contributed by atoms with van der Waals surface area (Å²) in [4.78, 5) is 9.00. The Labute approximate surface area is 66.1 Å². The van der Waals surface area contributed by atoms with Crippen molar-refractivity contribution < 1.29 is 18.3 Å². The number of hydrogen-bond acceptors (Lipinski definition) is 3. The predicted octanol–water partition coefficient (Wildman–Crippen LogP) is 0.286. The molecule has 0 aliphatic carbocycles. The molecule has 0 spiro atoms. The van der Waals surface area contributed by atoms with E-state index in [1.165, 1.54) is 0 Å². The van der Waals surface area contributed by atoms with Gasteiger partial charge in [-0.25, -0.2) is 8.42 Å². The van der Waals surface area contributed by atoms with Crippen molar-refractivity contribution in [2.45, 2.75) is 19.8 Å². The second-order valence-electron chi connectivity index (χ2n) is 2.38. The Hall–Kier alpha value is -0.580. The summed E-state index contributed by atoms with van der Waals surface area (Å²) in [6.45, 7) is 1.08. The lowest BCUT2D eigenvalue weighted by Gasteiger charge is -1.81. The summed E-state index contributed by atoms with van der Waals surface area (Å²) in [5.41, 5.74) is 0. The molecule has 1 N–H and O–H groups in total. The first-order valence-electron chi connectivity index (χ1n) is 3.34. The predicted molar refractivity (Wildman–Crippen MR) is 41.2 cm³/mol. The third-order valence-corrected chi connectivity index (χ3v) is 2.98. The van der Waals surface area contributed by atoms with Crippen LogP contribution in [0.4, 0.5) is 0 Å². The maximum atomic E-state index is 10.4. The van der Waals surface area contributed by atoms with Gasteiger partial charge in [-0.3, -0.25) is 4.79 Å². The van der Waals surface area contributed by atoms with Gasteiger partial charge in [-0.05, 0) is 12.8 Å². The molecule has 4 nitrogen and oxygen atoms in total. The number of hydrogen-bond donors (Lipinski definition) is 1. The smallest absolute Gasteiger partial charge is 0.300 e. The van der Waals surface area contributed by atoms with Gasteiger partial charge in [-0.15, -0.1) is 0 Å². The average Bonchev–Trinajstić information content (AvgIpc) is 2.11. The summed E-state index contributed by atoms with van der Waals surface area (Å²) in [7, 11) is -2.55. The lowest BCUT2D eigenvalue weighted by atomic mass is 10.4. The highest BCUT2D eigenvalue weighted by molar-refractivity contribution is 7.91. The van der Waals surface area contributed by atoms with E-state index in [0.717, 1.165) is 19.8 Å². The molecule has 11 heavy (non-hydrogen) atoms. The van der Waals surface area contributed by atoms with Gasteiger partial charge in [-0.1, -0.05) is 0 Å². The maximum absolute atomic E-state index is 10.4. The van der Waals surface area contributed by atoms with Crippen molar-refractivity contribution in [3.63, 3.8) is 0 Å². The molecule has 1 heterocycles. The van der Waals surface area contributed by atoms with E-state index in [9.17, 15) is 8.42 Å². The third kappa shape index (κ3) is 7.32. The Morgan fingerprint density at radius 1 is 1.27 bits per heavy atom. The Morgan fingerprint density at radius 2 is 1.55 bits per heavy atom. The Morgan fingerprint density at radius 3 is 1.64 bits per heavy atom. The van der Waals surface area contributed by atoms with Crippen LogP contribution in [0.25, 0.3) is 0 Å². The molecule has 66 valence electrons. The van der Waals surface area contributed by atoms with Gasteiger partial charge in [0.05, 0.1) is 11.5 Å². The van der Waals surface area contributed by atoms with Crippen LogP contribution in [0.2, 0.25) is 0 Å². The van der Waals surface area contributed by atoms with Crippen molar-refractivity contribution in [3.05, 3.63) is 0 Å². The summed E-state index contributed by atoms with van der Waals surface area (Å²) in [6, 6.07) is 0. The van der Waals surface area contributed by atoms with Crippen LogP contribution in [0.15, 0.2) is 0 Å². The fraction of sp³-hybridized carbons (Fsp3) is 0.833. The van der Waals surface area contributed by atoms with Crippen molar-refractivity contribution >= 4 is 15.8 Å². The average molecular weight is 180 g/mol. The van der Waals surface area contributed by atoms with Crippen LogP contribution in [0.1, 0.15) is 19.8 Å². The van der Waals surface area contributed by atoms with Gasteiger partial charge in [0, 0.05) is 6.92 Å². The highest BCUT2D eigenvalue weighted by Gasteiger charge is 2.16. The Bertz CT molecular complexity index is 201. The van der Waals surface area contributed by atoms with E-state index in [1.54, 1.807) is 0 Å². The summed E-state index contributed by atoms with van der Waals surface area (Å²) in [6.07, 6.45) is 1.75. The highest BCUT2D eigenvalue weighted by Crippen LogP contribution is 2.08. The number of rotatable bonds is 0. The number of carboxylic acids is 1. The second kappa shape index (κ2) is 4.33. The summed E-state index contributed by atoms with van der Waals surface area (Å²) in [5.74, 6) is 0.0139. The van der Waals surface area contributed by atoms with E-state index in [1.807, 2.05) is 0 Å². The monoisotopic (exact) mass is 180 g/mol. The Kier molecular flexibility index (Phi) is 4.10. The number of carboxylic acid groups (broad SMARTS) is 1. The molecule has 0 amide bonds. The molecule has 1 saturated heterocycles. The van der Waals surface area contributed by atoms with Crippen LogP contribution in [-0.2, 0) is 14.6 Å². The lowest BCUT2D eigenvalue weighted by Crippen LogP contribution is -1.98. The quantitative estimate of drug-likeness (QED) is 0.581. The van der Waals surface area contributed by atoms with Gasteiger partial charge in [0.2, 0.25) is 0 Å². The van der Waals surface area contributed by atoms with Crippen LogP contribution in [0.3, 0.4) is 0 Å². The van der Waals surface area contributed by atoms with Crippen molar-refractivity contribution in [3.8, 4) is 0 Å². The molecule has 1 fully saturated rings. The molecule has 0 bridgehead atoms. The summed E-state index contributed by atoms with van der Waals surface area (Å²) < 4.78 is 20.9. The van der Waals surface area contributed by atoms with Crippen LogP contribution in [0, 0.1) is 0 Å². The molecule has 1 aliphatic heterocycles. The molecular formula is C6H12O4S. The second-order valence-corrected chi connectivity index (χ2v) is 4.68. The van der Waals surface area contributed by atoms with E-state index >= 15 is 0 Å². The van der Waals surface area contributed by atoms with Crippen molar-refractivity contribution in [2.24, 2.45) is 0 Å². The first-order valence-corrected chi connectivity index (χ1v) is 5.16. The van der Waals surface area contributed by atoms with E-state index in [-0.39, 0.29) is 0 Å². The topological polar surface area (TPSA) is 71.4 Å². The summed E-state index contributed by atoms with van der Waals surface area (Å²) >= 11 is 0. The van der Waals surface area contributed by atoms with Crippen LogP contribution >= 0.6 is 0 Å². The molecule has 1 rings (SSSR count). The fourth-order valence-electron chi connectivity index (χ4n) is 0.746. The zero-order valence-electron chi connectivity index (χ0n) is 6.41. The first-order chi connectivity index (χ1) is 4.94. The van der Waals surface area contributed by atoms with Gasteiger partial charge in [-0.2, -0.15) is 0 Å². The van der Waals surface area contributed by atoms with E-state index in [4.69, 9.17) is 9.90 Å². The van der Waals surface area contributed by atoms with Crippen LogP contribution in [0.5, 0.6) is 0 Å². The minimum Gasteiger partial charge on any atom is -0.481 e. The van der Waals surface area contributed by atoms with Crippen LogP contribution < -0.4 is 0 Å². The SMILES string of the molecule is CC(=O)O.O=S1(=O)CCCC1. The fourth-order valence-corrected chi connectivity index (χ4v) is 2.24. The number of carbonyl (C=O) groups is 1. The Balaban J connectivity index is 0.000000218. The standard InChI is InChI=1S/C4H8O2S.C2H4O2/c5-7(6)3-1-2-4-7;1-2(3)4/h1-4H2;1H3,(H,3,4). The van der Waals surface area contributed by atoms with E-state index in [2.05, 4.69) is 0 Å². The van der Waals surface area contributed by atoms with Crippen molar-refractivity contribution in [1.29, 1.82) is 0 Å². The zero-order valence-corrected chi connectivity index (χ0v) is 7.23. The van der Waals surface area contributed by atoms with Gasteiger partial charge in [0.15, 0.2) is 0 Å². The largest absolute Gasteiger partial charge is 0.481 e. The molecule has 5 heteroatoms. The normalized spacial score (nSPS) is 20.1. The molecular weight excluding hydrogens is 168 g/mol. The lowest BCUT2D eigenvalue weighted by molar-refractivity contribution is -0.134. The molecule has 1 aliphatic rings. The molecule has 0 saturated carbocycles. The zero-order chi connectivity index (χ0) is 8.91. The number of aliphatic carboxylic acids is 1. The third-order valence-electron chi connectivity index (χ3n) is 1.16. The van der Waals surface area contributed by atoms with Crippen molar-refractivity contribution in [1.82, 2.24) is 0 Å². The van der Waals surface area contributed by atoms with Gasteiger partial charge >= 0.3 is 0 Å². The highest BCUT2D eigenvalue weighted by atomic mass is 32.2. The molecule has 0 unspecified atom stereocenters. The molecule has 0 aromatic rings. The summed E-state index contributed by atoms with van der Waals surface area (Å²) in [5, 5.41) is 7.42. The maximum Gasteiger partial charge on any atom is 0.300 e. The molecule has 0 atom stereocenters. The van der Waals surface area contributed by atoms with Crippen molar-refractivity contribution in [2.75, 3.05) is 11.5 Å².